The largest absolute Gasteiger partial charge is 0.316 e. The van der Waals surface area contributed by atoms with Crippen LogP contribution in [0.4, 0.5) is 0 Å². The Kier molecular flexibility index (Phi) is 5.52. The third-order valence-electron chi connectivity index (χ3n) is 4.52. The van der Waals surface area contributed by atoms with Crippen LogP contribution >= 0.6 is 12.4 Å². The van der Waals surface area contributed by atoms with E-state index < -0.39 is 19.9 Å². The quantitative estimate of drug-likeness (QED) is 0.759. The Labute approximate surface area is 127 Å². The van der Waals surface area contributed by atoms with Crippen molar-refractivity contribution in [3.8, 4) is 0 Å². The molecule has 0 radical (unpaired) electrons. The molecule has 2 aliphatic rings. The summed E-state index contributed by atoms with van der Waals surface area (Å²) in [5, 5.41) is 3.24. The van der Waals surface area contributed by atoms with Crippen LogP contribution in [0.3, 0.4) is 0 Å². The predicted octanol–water partition coefficient (Wildman–Crippen LogP) is -0.286. The summed E-state index contributed by atoms with van der Waals surface area (Å²) in [7, 11) is -3.08. The topological polar surface area (TPSA) is 83.6 Å². The zero-order chi connectivity index (χ0) is 14.3. The first-order valence-corrected chi connectivity index (χ1v) is 9.91. The number of hydrogen-bond acceptors (Lipinski definition) is 5. The van der Waals surface area contributed by atoms with Gasteiger partial charge in [-0.15, -0.1) is 12.4 Å². The number of rotatable bonds is 3. The highest BCUT2D eigenvalue weighted by Gasteiger charge is 2.47. The van der Waals surface area contributed by atoms with Crippen molar-refractivity contribution < 1.29 is 16.8 Å². The second-order valence-electron chi connectivity index (χ2n) is 5.90. The lowest BCUT2D eigenvalue weighted by Gasteiger charge is -2.38. The van der Waals surface area contributed by atoms with Crippen LogP contribution in [0.25, 0.3) is 0 Å². The number of sulfone groups is 1. The highest BCUT2D eigenvalue weighted by Crippen LogP contribution is 2.42. The maximum atomic E-state index is 12.0. The van der Waals surface area contributed by atoms with Crippen molar-refractivity contribution >= 4 is 32.3 Å². The average Bonchev–Trinajstić information content (AvgIpc) is 2.66. The molecule has 0 saturated carbocycles. The van der Waals surface area contributed by atoms with Crippen LogP contribution in [0.5, 0.6) is 0 Å². The molecule has 2 saturated heterocycles. The van der Waals surface area contributed by atoms with Crippen LogP contribution in [0.15, 0.2) is 0 Å². The van der Waals surface area contributed by atoms with Gasteiger partial charge in [-0.2, -0.15) is 0 Å². The van der Waals surface area contributed by atoms with Crippen molar-refractivity contribution in [2.24, 2.45) is 11.3 Å². The van der Waals surface area contributed by atoms with E-state index in [1.165, 1.54) is 18.4 Å². The van der Waals surface area contributed by atoms with Gasteiger partial charge in [-0.05, 0) is 30.7 Å². The summed E-state index contributed by atoms with van der Waals surface area (Å²) in [5.41, 5.74) is -0.158. The molecule has 2 heterocycles. The monoisotopic (exact) mass is 346 g/mol. The SMILES string of the molecule is CN(C)S(=O)(=O)CC1CNCC12CCS(=O)(=O)CC2.Cl. The van der Waals surface area contributed by atoms with Gasteiger partial charge in [-0.1, -0.05) is 0 Å². The van der Waals surface area contributed by atoms with Crippen LogP contribution in [0.1, 0.15) is 12.8 Å². The lowest BCUT2D eigenvalue weighted by molar-refractivity contribution is 0.215. The van der Waals surface area contributed by atoms with Gasteiger partial charge in [-0.25, -0.2) is 21.1 Å². The zero-order valence-electron chi connectivity index (χ0n) is 11.8. The molecule has 2 rings (SSSR count). The molecule has 2 fully saturated rings. The van der Waals surface area contributed by atoms with Crippen molar-refractivity contribution in [2.45, 2.75) is 12.8 Å². The Morgan fingerprint density at radius 1 is 1.25 bits per heavy atom. The molecular formula is C11H23ClN2O4S2. The molecule has 9 heteroatoms. The molecule has 20 heavy (non-hydrogen) atoms. The van der Waals surface area contributed by atoms with Gasteiger partial charge >= 0.3 is 0 Å². The fourth-order valence-electron chi connectivity index (χ4n) is 3.02. The fourth-order valence-corrected chi connectivity index (χ4v) is 5.94. The Hall–Kier alpha value is 0.110. The minimum atomic E-state index is -3.24. The number of halogens is 1. The number of nitrogens with zero attached hydrogens (tertiary/aromatic N) is 1. The second kappa shape index (κ2) is 6.08. The fraction of sp³-hybridized carbons (Fsp3) is 1.00. The second-order valence-corrected chi connectivity index (χ2v) is 10.4. The molecule has 6 nitrogen and oxygen atoms in total. The highest BCUT2D eigenvalue weighted by molar-refractivity contribution is 7.91. The number of sulfonamides is 1. The first kappa shape index (κ1) is 18.2. The molecule has 0 aromatic heterocycles. The van der Waals surface area contributed by atoms with E-state index in [0.29, 0.717) is 19.4 Å². The summed E-state index contributed by atoms with van der Waals surface area (Å²) in [5.74, 6) is 0.489. The zero-order valence-corrected chi connectivity index (χ0v) is 14.3. The van der Waals surface area contributed by atoms with E-state index in [-0.39, 0.29) is 41.0 Å². The molecule has 2 aliphatic heterocycles. The van der Waals surface area contributed by atoms with Gasteiger partial charge in [0.25, 0.3) is 0 Å². The van der Waals surface area contributed by atoms with Crippen molar-refractivity contribution in [1.29, 1.82) is 0 Å². The molecule has 1 atom stereocenters. The van der Waals surface area contributed by atoms with Crippen molar-refractivity contribution in [2.75, 3.05) is 44.4 Å². The minimum Gasteiger partial charge on any atom is -0.316 e. The molecule has 0 bridgehead atoms. The number of hydrogen-bond donors (Lipinski definition) is 1. The maximum Gasteiger partial charge on any atom is 0.213 e. The van der Waals surface area contributed by atoms with Crippen LogP contribution in [0, 0.1) is 11.3 Å². The first-order valence-electron chi connectivity index (χ1n) is 6.48. The van der Waals surface area contributed by atoms with Crippen LogP contribution in [-0.4, -0.2) is 65.6 Å². The Morgan fingerprint density at radius 2 is 1.80 bits per heavy atom. The summed E-state index contributed by atoms with van der Waals surface area (Å²) >= 11 is 0. The van der Waals surface area contributed by atoms with Gasteiger partial charge in [-0.3, -0.25) is 0 Å². The van der Waals surface area contributed by atoms with E-state index >= 15 is 0 Å². The van der Waals surface area contributed by atoms with Gasteiger partial charge in [0.15, 0.2) is 0 Å². The summed E-state index contributed by atoms with van der Waals surface area (Å²) in [6.07, 6.45) is 1.16. The van der Waals surface area contributed by atoms with Crippen LogP contribution < -0.4 is 5.32 Å². The standard InChI is InChI=1S/C11H22N2O4S2.ClH/c1-13(2)19(16,17)8-10-7-12-9-11(10)3-5-18(14,15)6-4-11;/h10,12H,3-9H2,1-2H3;1H. The minimum absolute atomic E-state index is 0. The Morgan fingerprint density at radius 3 is 2.30 bits per heavy atom. The Bertz CT molecular complexity index is 531. The molecule has 1 unspecified atom stereocenters. The first-order chi connectivity index (χ1) is 8.67. The van der Waals surface area contributed by atoms with E-state index in [1.54, 1.807) is 0 Å². The third kappa shape index (κ3) is 3.65. The normalized spacial score (nSPS) is 28.4. The highest BCUT2D eigenvalue weighted by atomic mass is 35.5. The maximum absolute atomic E-state index is 12.0. The molecule has 1 N–H and O–H groups in total. The summed E-state index contributed by atoms with van der Waals surface area (Å²) in [6, 6.07) is 0. The molecule has 0 aromatic rings. The van der Waals surface area contributed by atoms with E-state index in [0.717, 1.165) is 6.54 Å². The van der Waals surface area contributed by atoms with Gasteiger partial charge in [0, 0.05) is 20.6 Å². The third-order valence-corrected chi connectivity index (χ3v) is 8.11. The van der Waals surface area contributed by atoms with Crippen molar-refractivity contribution in [1.82, 2.24) is 9.62 Å². The van der Waals surface area contributed by atoms with Gasteiger partial charge < -0.3 is 5.32 Å². The average molecular weight is 347 g/mol. The number of nitrogens with one attached hydrogen (secondary N) is 1. The van der Waals surface area contributed by atoms with Gasteiger partial charge in [0.05, 0.1) is 17.3 Å². The molecule has 120 valence electrons. The molecule has 0 aromatic carbocycles. The van der Waals surface area contributed by atoms with Crippen molar-refractivity contribution in [3.63, 3.8) is 0 Å². The molecule has 0 aliphatic carbocycles. The Balaban J connectivity index is 0.00000200. The van der Waals surface area contributed by atoms with E-state index in [4.69, 9.17) is 0 Å². The van der Waals surface area contributed by atoms with Crippen LogP contribution in [-0.2, 0) is 19.9 Å². The van der Waals surface area contributed by atoms with E-state index in [2.05, 4.69) is 5.32 Å². The lowest BCUT2D eigenvalue weighted by Crippen LogP contribution is -2.43. The summed E-state index contributed by atoms with van der Waals surface area (Å²) in [4.78, 5) is 0. The summed E-state index contributed by atoms with van der Waals surface area (Å²) in [6.45, 7) is 1.39. The smallest absolute Gasteiger partial charge is 0.213 e. The van der Waals surface area contributed by atoms with Gasteiger partial charge in [0.2, 0.25) is 10.0 Å². The van der Waals surface area contributed by atoms with E-state index in [9.17, 15) is 16.8 Å². The predicted molar refractivity (Wildman–Crippen MR) is 81.4 cm³/mol. The molecule has 1 spiro atoms. The molecular weight excluding hydrogens is 324 g/mol. The summed E-state index contributed by atoms with van der Waals surface area (Å²) < 4.78 is 48.4. The van der Waals surface area contributed by atoms with Gasteiger partial charge in [0.1, 0.15) is 9.84 Å². The van der Waals surface area contributed by atoms with Crippen molar-refractivity contribution in [3.05, 3.63) is 0 Å². The van der Waals surface area contributed by atoms with E-state index in [1.807, 2.05) is 0 Å². The van der Waals surface area contributed by atoms with Crippen LogP contribution in [0.2, 0.25) is 0 Å². The lowest BCUT2D eigenvalue weighted by atomic mass is 9.74. The molecule has 0 amide bonds.